The molecule has 142 valence electrons. The van der Waals surface area contributed by atoms with Crippen LogP contribution in [0.3, 0.4) is 0 Å². The van der Waals surface area contributed by atoms with Crippen LogP contribution >= 0.6 is 0 Å². The normalized spacial score (nSPS) is 25.7. The molecule has 0 radical (unpaired) electrons. The SMILES string of the molecule is CC1(C)OB(c2ccc3c(c2)OCC(Cc2ccccn2)C3O)OC1(C)C. The molecule has 5 nitrogen and oxygen atoms in total. The number of benzene rings is 1. The second-order valence-corrected chi connectivity index (χ2v) is 8.43. The molecule has 0 saturated carbocycles. The first kappa shape index (κ1) is 18.5. The van der Waals surface area contributed by atoms with Crippen molar-refractivity contribution < 1.29 is 19.2 Å². The maximum absolute atomic E-state index is 10.8. The van der Waals surface area contributed by atoms with Gasteiger partial charge >= 0.3 is 7.12 Å². The molecule has 0 bridgehead atoms. The number of aromatic nitrogens is 1. The summed E-state index contributed by atoms with van der Waals surface area (Å²) < 4.78 is 18.2. The number of fused-ring (bicyclic) bond motifs is 1. The number of hydrogen-bond acceptors (Lipinski definition) is 5. The Bertz CT molecular complexity index is 808. The summed E-state index contributed by atoms with van der Waals surface area (Å²) in [5.41, 5.74) is 1.90. The Labute approximate surface area is 160 Å². The Kier molecular flexibility index (Phi) is 4.53. The van der Waals surface area contributed by atoms with E-state index in [-0.39, 0.29) is 17.1 Å². The van der Waals surface area contributed by atoms with Gasteiger partial charge in [-0.2, -0.15) is 0 Å². The van der Waals surface area contributed by atoms with Crippen LogP contribution in [0.15, 0.2) is 42.6 Å². The Morgan fingerprint density at radius 3 is 2.52 bits per heavy atom. The van der Waals surface area contributed by atoms with Crippen LogP contribution in [0, 0.1) is 5.92 Å². The molecule has 2 aliphatic heterocycles. The third kappa shape index (κ3) is 3.37. The fourth-order valence-corrected chi connectivity index (χ4v) is 3.55. The van der Waals surface area contributed by atoms with E-state index in [1.54, 1.807) is 6.20 Å². The van der Waals surface area contributed by atoms with Crippen LogP contribution in [0.25, 0.3) is 0 Å². The Morgan fingerprint density at radius 1 is 1.11 bits per heavy atom. The number of rotatable bonds is 3. The van der Waals surface area contributed by atoms with Crippen LogP contribution in [0.1, 0.15) is 45.1 Å². The van der Waals surface area contributed by atoms with Crippen molar-refractivity contribution in [3.05, 3.63) is 53.9 Å². The second kappa shape index (κ2) is 6.62. The first-order valence-electron chi connectivity index (χ1n) is 9.47. The van der Waals surface area contributed by atoms with Crippen LogP contribution in [-0.4, -0.2) is 35.0 Å². The molecule has 0 amide bonds. The van der Waals surface area contributed by atoms with Crippen molar-refractivity contribution in [3.8, 4) is 5.75 Å². The van der Waals surface area contributed by atoms with Crippen LogP contribution in [0.2, 0.25) is 0 Å². The monoisotopic (exact) mass is 367 g/mol. The molecule has 4 rings (SSSR count). The summed E-state index contributed by atoms with van der Waals surface area (Å²) in [4.78, 5) is 4.36. The molecule has 1 aromatic carbocycles. The third-order valence-electron chi connectivity index (χ3n) is 5.98. The van der Waals surface area contributed by atoms with Gasteiger partial charge in [0.25, 0.3) is 0 Å². The van der Waals surface area contributed by atoms with E-state index in [4.69, 9.17) is 14.0 Å². The standard InChI is InChI=1S/C21H26BNO4/c1-20(2)21(3,4)27-22(26-20)15-8-9-17-18(12-15)25-13-14(19(17)24)11-16-7-5-6-10-23-16/h5-10,12,14,19,24H,11,13H2,1-4H3. The summed E-state index contributed by atoms with van der Waals surface area (Å²) in [5.74, 6) is 0.682. The highest BCUT2D eigenvalue weighted by atomic mass is 16.7. The van der Waals surface area contributed by atoms with Crippen molar-refractivity contribution in [2.45, 2.75) is 51.4 Å². The minimum absolute atomic E-state index is 0.0184. The third-order valence-corrected chi connectivity index (χ3v) is 5.98. The molecule has 2 aromatic rings. The fraction of sp³-hybridized carbons (Fsp3) is 0.476. The quantitative estimate of drug-likeness (QED) is 0.846. The lowest BCUT2D eigenvalue weighted by Crippen LogP contribution is -2.41. The predicted octanol–water partition coefficient (Wildman–Crippen LogP) is 2.67. The maximum Gasteiger partial charge on any atom is 0.494 e. The molecule has 1 N–H and O–H groups in total. The van der Waals surface area contributed by atoms with E-state index in [1.807, 2.05) is 64.1 Å². The number of pyridine rings is 1. The molecule has 1 saturated heterocycles. The molecular weight excluding hydrogens is 341 g/mol. The number of aliphatic hydroxyl groups is 1. The lowest BCUT2D eigenvalue weighted by atomic mass is 9.77. The second-order valence-electron chi connectivity index (χ2n) is 8.43. The summed E-state index contributed by atoms with van der Waals surface area (Å²) in [7, 11) is -0.438. The smallest absolute Gasteiger partial charge is 0.493 e. The highest BCUT2D eigenvalue weighted by molar-refractivity contribution is 6.62. The fourth-order valence-electron chi connectivity index (χ4n) is 3.55. The largest absolute Gasteiger partial charge is 0.494 e. The molecule has 0 aliphatic carbocycles. The Hall–Kier alpha value is -1.89. The molecule has 27 heavy (non-hydrogen) atoms. The molecule has 1 fully saturated rings. The van der Waals surface area contributed by atoms with Gasteiger partial charge in [0.15, 0.2) is 0 Å². The van der Waals surface area contributed by atoms with Crippen molar-refractivity contribution in [2.75, 3.05) is 6.61 Å². The van der Waals surface area contributed by atoms with Gasteiger partial charge in [-0.1, -0.05) is 18.2 Å². The van der Waals surface area contributed by atoms with E-state index in [0.717, 1.165) is 16.7 Å². The highest BCUT2D eigenvalue weighted by Gasteiger charge is 2.52. The summed E-state index contributed by atoms with van der Waals surface area (Å²) in [6, 6.07) is 11.6. The van der Waals surface area contributed by atoms with Crippen LogP contribution < -0.4 is 10.2 Å². The summed E-state index contributed by atoms with van der Waals surface area (Å²) in [6.45, 7) is 8.60. The topological polar surface area (TPSA) is 60.8 Å². The van der Waals surface area contributed by atoms with E-state index in [2.05, 4.69) is 4.98 Å². The van der Waals surface area contributed by atoms with Gasteiger partial charge in [-0.25, -0.2) is 0 Å². The zero-order chi connectivity index (χ0) is 19.2. The van der Waals surface area contributed by atoms with E-state index >= 15 is 0 Å². The van der Waals surface area contributed by atoms with Gasteiger partial charge in [-0.05, 0) is 57.8 Å². The van der Waals surface area contributed by atoms with Crippen LogP contribution in [0.5, 0.6) is 5.75 Å². The minimum atomic E-state index is -0.580. The van der Waals surface area contributed by atoms with Crippen molar-refractivity contribution in [1.82, 2.24) is 4.98 Å². The van der Waals surface area contributed by atoms with Gasteiger partial charge in [0.2, 0.25) is 0 Å². The lowest BCUT2D eigenvalue weighted by molar-refractivity contribution is 0.00578. The zero-order valence-electron chi connectivity index (χ0n) is 16.3. The maximum atomic E-state index is 10.8. The van der Waals surface area contributed by atoms with Gasteiger partial charge < -0.3 is 19.2 Å². The summed E-state index contributed by atoms with van der Waals surface area (Å²) >= 11 is 0. The molecule has 1 aromatic heterocycles. The highest BCUT2D eigenvalue weighted by Crippen LogP contribution is 2.39. The number of ether oxygens (including phenoxy) is 1. The molecule has 2 atom stereocenters. The van der Waals surface area contributed by atoms with E-state index in [0.29, 0.717) is 18.8 Å². The molecule has 3 heterocycles. The van der Waals surface area contributed by atoms with Gasteiger partial charge in [0.1, 0.15) is 5.75 Å². The van der Waals surface area contributed by atoms with E-state index in [1.165, 1.54) is 0 Å². The van der Waals surface area contributed by atoms with Gasteiger partial charge in [0, 0.05) is 23.4 Å². The Balaban J connectivity index is 1.53. The molecule has 2 aliphatic rings. The minimum Gasteiger partial charge on any atom is -0.493 e. The first-order valence-corrected chi connectivity index (χ1v) is 9.47. The summed E-state index contributed by atoms with van der Waals surface area (Å²) in [6.07, 6.45) is 1.87. The van der Waals surface area contributed by atoms with Crippen molar-refractivity contribution in [2.24, 2.45) is 5.92 Å². The number of aliphatic hydroxyl groups excluding tert-OH is 1. The predicted molar refractivity (Wildman–Crippen MR) is 104 cm³/mol. The number of hydrogen-bond donors (Lipinski definition) is 1. The van der Waals surface area contributed by atoms with Crippen molar-refractivity contribution in [3.63, 3.8) is 0 Å². The van der Waals surface area contributed by atoms with Gasteiger partial charge in [-0.3, -0.25) is 4.98 Å². The molecule has 0 spiro atoms. The molecule has 6 heteroatoms. The molecular formula is C21H26BNO4. The van der Waals surface area contributed by atoms with E-state index < -0.39 is 13.2 Å². The van der Waals surface area contributed by atoms with Crippen molar-refractivity contribution >= 4 is 12.6 Å². The average Bonchev–Trinajstić information content (AvgIpc) is 2.86. The first-order chi connectivity index (χ1) is 12.8. The average molecular weight is 367 g/mol. The van der Waals surface area contributed by atoms with E-state index in [9.17, 15) is 5.11 Å². The Morgan fingerprint density at radius 2 is 1.85 bits per heavy atom. The molecule has 2 unspecified atom stereocenters. The van der Waals surface area contributed by atoms with Crippen LogP contribution in [-0.2, 0) is 15.7 Å². The number of nitrogens with zero attached hydrogens (tertiary/aromatic N) is 1. The lowest BCUT2D eigenvalue weighted by Gasteiger charge is -2.32. The zero-order valence-corrected chi connectivity index (χ0v) is 16.3. The summed E-state index contributed by atoms with van der Waals surface area (Å²) in [5, 5.41) is 10.8. The van der Waals surface area contributed by atoms with Crippen LogP contribution in [0.4, 0.5) is 0 Å². The van der Waals surface area contributed by atoms with Gasteiger partial charge in [-0.15, -0.1) is 0 Å². The van der Waals surface area contributed by atoms with Crippen molar-refractivity contribution in [1.29, 1.82) is 0 Å². The van der Waals surface area contributed by atoms with Gasteiger partial charge in [0.05, 0.1) is 23.9 Å².